The van der Waals surface area contributed by atoms with Crippen LogP contribution in [-0.2, 0) is 13.2 Å². The monoisotopic (exact) mass is 263 g/mol. The number of halogens is 1. The van der Waals surface area contributed by atoms with E-state index in [1.807, 2.05) is 19.9 Å². The van der Waals surface area contributed by atoms with E-state index in [1.165, 1.54) is 12.1 Å². The molecule has 0 radical (unpaired) electrons. The van der Waals surface area contributed by atoms with Gasteiger partial charge in [-0.15, -0.1) is 0 Å². The van der Waals surface area contributed by atoms with E-state index < -0.39 is 0 Å². The summed E-state index contributed by atoms with van der Waals surface area (Å²) < 4.78 is 24.2. The molecule has 2 rings (SSSR count). The maximum Gasteiger partial charge on any atom is 0.126 e. The lowest BCUT2D eigenvalue weighted by Gasteiger charge is -2.09. The predicted octanol–water partition coefficient (Wildman–Crippen LogP) is 3.42. The third-order valence-electron chi connectivity index (χ3n) is 2.91. The Hall–Kier alpha value is -1.81. The van der Waals surface area contributed by atoms with Gasteiger partial charge in [-0.25, -0.2) is 4.39 Å². The first-order chi connectivity index (χ1) is 9.20. The Morgan fingerprint density at radius 3 is 2.95 bits per heavy atom. The molecule has 3 nitrogen and oxygen atoms in total. The van der Waals surface area contributed by atoms with Crippen LogP contribution in [0.2, 0.25) is 0 Å². The van der Waals surface area contributed by atoms with Crippen LogP contribution >= 0.6 is 0 Å². The molecule has 1 heterocycles. The Labute approximate surface area is 112 Å². The number of nitrogens with one attached hydrogen (secondary N) is 1. The van der Waals surface area contributed by atoms with Crippen LogP contribution in [0.3, 0.4) is 0 Å². The largest absolute Gasteiger partial charge is 0.488 e. The average Bonchev–Trinajstić information content (AvgIpc) is 2.85. The zero-order valence-electron chi connectivity index (χ0n) is 11.2. The molecule has 0 saturated carbocycles. The third kappa shape index (κ3) is 3.58. The molecule has 0 spiro atoms. The van der Waals surface area contributed by atoms with Crippen LogP contribution in [0.1, 0.15) is 23.8 Å². The van der Waals surface area contributed by atoms with Gasteiger partial charge in [0.05, 0.1) is 12.8 Å². The van der Waals surface area contributed by atoms with E-state index >= 15 is 0 Å². The van der Waals surface area contributed by atoms with Crippen molar-refractivity contribution in [1.82, 2.24) is 5.32 Å². The van der Waals surface area contributed by atoms with Crippen molar-refractivity contribution in [3.8, 4) is 5.75 Å². The van der Waals surface area contributed by atoms with Gasteiger partial charge in [-0.1, -0.05) is 13.0 Å². The molecule has 4 heteroatoms. The molecular formula is C15H18FNO2. The minimum Gasteiger partial charge on any atom is -0.488 e. The van der Waals surface area contributed by atoms with Crippen LogP contribution in [-0.4, -0.2) is 6.54 Å². The van der Waals surface area contributed by atoms with Crippen molar-refractivity contribution in [1.29, 1.82) is 0 Å². The lowest BCUT2D eigenvalue weighted by atomic mass is 10.2. The van der Waals surface area contributed by atoms with Gasteiger partial charge in [0.25, 0.3) is 0 Å². The first-order valence-corrected chi connectivity index (χ1v) is 6.35. The molecule has 0 bridgehead atoms. The molecule has 19 heavy (non-hydrogen) atoms. The predicted molar refractivity (Wildman–Crippen MR) is 71.6 cm³/mol. The van der Waals surface area contributed by atoms with Crippen molar-refractivity contribution in [2.24, 2.45) is 0 Å². The van der Waals surface area contributed by atoms with Crippen molar-refractivity contribution in [3.63, 3.8) is 0 Å². The molecule has 0 saturated heterocycles. The topological polar surface area (TPSA) is 34.4 Å². The highest BCUT2D eigenvalue weighted by Gasteiger charge is 2.08. The quantitative estimate of drug-likeness (QED) is 0.867. The molecule has 0 aliphatic heterocycles. The highest BCUT2D eigenvalue weighted by atomic mass is 19.1. The summed E-state index contributed by atoms with van der Waals surface area (Å²) in [5.41, 5.74) is 1.89. The number of aryl methyl sites for hydroxylation is 1. The maximum absolute atomic E-state index is 13.2. The van der Waals surface area contributed by atoms with Crippen LogP contribution in [0.5, 0.6) is 5.75 Å². The van der Waals surface area contributed by atoms with Crippen LogP contribution in [0.25, 0.3) is 0 Å². The molecule has 0 amide bonds. The maximum atomic E-state index is 13.2. The highest BCUT2D eigenvalue weighted by Crippen LogP contribution is 2.21. The fourth-order valence-corrected chi connectivity index (χ4v) is 1.77. The van der Waals surface area contributed by atoms with E-state index in [9.17, 15) is 4.39 Å². The molecule has 1 aromatic heterocycles. The Bertz CT molecular complexity index is 537. The number of hydrogen-bond acceptors (Lipinski definition) is 3. The summed E-state index contributed by atoms with van der Waals surface area (Å²) in [5.74, 6) is 1.13. The molecule has 0 unspecified atom stereocenters. The number of furan rings is 1. The van der Waals surface area contributed by atoms with Gasteiger partial charge < -0.3 is 14.5 Å². The summed E-state index contributed by atoms with van der Waals surface area (Å²) in [6, 6.07) is 6.41. The van der Waals surface area contributed by atoms with Gasteiger partial charge in [-0.3, -0.25) is 0 Å². The summed E-state index contributed by atoms with van der Waals surface area (Å²) in [6.45, 7) is 5.86. The van der Waals surface area contributed by atoms with Crippen LogP contribution in [0, 0.1) is 12.7 Å². The number of ether oxygens (including phenoxy) is 1. The Kier molecular flexibility index (Phi) is 4.58. The highest BCUT2D eigenvalue weighted by molar-refractivity contribution is 5.33. The minimum absolute atomic E-state index is 0.291. The van der Waals surface area contributed by atoms with Crippen molar-refractivity contribution >= 4 is 0 Å². The first-order valence-electron chi connectivity index (χ1n) is 6.35. The first kappa shape index (κ1) is 13.6. The molecule has 0 fully saturated rings. The van der Waals surface area contributed by atoms with E-state index in [0.717, 1.165) is 23.4 Å². The fraction of sp³-hybridized carbons (Fsp3) is 0.333. The van der Waals surface area contributed by atoms with Gasteiger partial charge >= 0.3 is 0 Å². The Balaban J connectivity index is 2.02. The van der Waals surface area contributed by atoms with Crippen LogP contribution in [0.4, 0.5) is 4.39 Å². The Morgan fingerprint density at radius 1 is 1.32 bits per heavy atom. The second-order valence-corrected chi connectivity index (χ2v) is 4.35. The molecule has 0 aliphatic carbocycles. The van der Waals surface area contributed by atoms with E-state index in [4.69, 9.17) is 9.15 Å². The zero-order valence-corrected chi connectivity index (χ0v) is 11.2. The van der Waals surface area contributed by atoms with Gasteiger partial charge in [0, 0.05) is 11.6 Å². The molecular weight excluding hydrogens is 245 g/mol. The summed E-state index contributed by atoms with van der Waals surface area (Å²) in [7, 11) is 0. The standard InChI is InChI=1S/C15H18FNO2/c1-3-17-9-15-12(6-7-18-15)10-19-14-8-13(16)5-4-11(14)2/h4-8,17H,3,9-10H2,1-2H3. The molecule has 0 atom stereocenters. The van der Waals surface area contributed by atoms with Crippen LogP contribution in [0.15, 0.2) is 34.9 Å². The van der Waals surface area contributed by atoms with E-state index in [0.29, 0.717) is 18.9 Å². The van der Waals surface area contributed by atoms with Crippen molar-refractivity contribution in [3.05, 3.63) is 53.2 Å². The second-order valence-electron chi connectivity index (χ2n) is 4.35. The molecule has 0 aliphatic rings. The second kappa shape index (κ2) is 6.38. The van der Waals surface area contributed by atoms with Crippen LogP contribution < -0.4 is 10.1 Å². The summed E-state index contributed by atoms with van der Waals surface area (Å²) in [5, 5.41) is 3.20. The lowest BCUT2D eigenvalue weighted by Crippen LogP contribution is -2.12. The summed E-state index contributed by atoms with van der Waals surface area (Å²) in [4.78, 5) is 0. The zero-order chi connectivity index (χ0) is 13.7. The Morgan fingerprint density at radius 2 is 2.16 bits per heavy atom. The van der Waals surface area contributed by atoms with Crippen molar-refractivity contribution in [2.75, 3.05) is 6.54 Å². The number of hydrogen-bond donors (Lipinski definition) is 1. The molecule has 1 N–H and O–H groups in total. The number of rotatable bonds is 6. The molecule has 102 valence electrons. The molecule has 1 aromatic carbocycles. The van der Waals surface area contributed by atoms with Gasteiger partial charge in [-0.05, 0) is 31.2 Å². The summed E-state index contributed by atoms with van der Waals surface area (Å²) >= 11 is 0. The van der Waals surface area contributed by atoms with Gasteiger partial charge in [-0.2, -0.15) is 0 Å². The van der Waals surface area contributed by atoms with E-state index in [1.54, 1.807) is 12.3 Å². The summed E-state index contributed by atoms with van der Waals surface area (Å²) in [6.07, 6.45) is 1.64. The third-order valence-corrected chi connectivity index (χ3v) is 2.91. The van der Waals surface area contributed by atoms with E-state index in [2.05, 4.69) is 5.32 Å². The van der Waals surface area contributed by atoms with Crippen molar-refractivity contribution in [2.45, 2.75) is 27.0 Å². The minimum atomic E-state index is -0.291. The van der Waals surface area contributed by atoms with Gasteiger partial charge in [0.1, 0.15) is 23.9 Å². The van der Waals surface area contributed by atoms with E-state index in [-0.39, 0.29) is 5.82 Å². The number of benzene rings is 1. The van der Waals surface area contributed by atoms with Gasteiger partial charge in [0.15, 0.2) is 0 Å². The molecule has 2 aromatic rings. The van der Waals surface area contributed by atoms with Crippen molar-refractivity contribution < 1.29 is 13.5 Å². The average molecular weight is 263 g/mol. The smallest absolute Gasteiger partial charge is 0.126 e. The normalized spacial score (nSPS) is 10.7. The van der Waals surface area contributed by atoms with Gasteiger partial charge in [0.2, 0.25) is 0 Å². The lowest BCUT2D eigenvalue weighted by molar-refractivity contribution is 0.298. The fourth-order valence-electron chi connectivity index (χ4n) is 1.77. The SMILES string of the molecule is CCNCc1occc1COc1cc(F)ccc1C.